The van der Waals surface area contributed by atoms with Gasteiger partial charge in [-0.05, 0) is 23.0 Å². The van der Waals surface area contributed by atoms with E-state index in [0.717, 1.165) is 18.7 Å². The van der Waals surface area contributed by atoms with Crippen LogP contribution in [0, 0.1) is 5.41 Å². The van der Waals surface area contributed by atoms with Crippen molar-refractivity contribution in [3.63, 3.8) is 0 Å². The molecule has 1 N–H and O–H groups in total. The summed E-state index contributed by atoms with van der Waals surface area (Å²) in [6.07, 6.45) is 1.28. The summed E-state index contributed by atoms with van der Waals surface area (Å²) >= 11 is 0. The minimum Gasteiger partial charge on any atom is -0.315 e. The van der Waals surface area contributed by atoms with Crippen molar-refractivity contribution in [2.24, 2.45) is 5.41 Å². The molecule has 2 atom stereocenters. The zero-order valence-electron chi connectivity index (χ0n) is 9.02. The van der Waals surface area contributed by atoms with E-state index in [1.165, 1.54) is 12.0 Å². The minimum absolute atomic E-state index is 0.349. The molecule has 1 aromatic rings. The van der Waals surface area contributed by atoms with Crippen LogP contribution in [0.4, 0.5) is 4.39 Å². The Morgan fingerprint density at radius 3 is 2.47 bits per heavy atom. The molecule has 0 bridgehead atoms. The summed E-state index contributed by atoms with van der Waals surface area (Å²) in [7, 11) is 0. The van der Waals surface area contributed by atoms with Gasteiger partial charge in [0.2, 0.25) is 0 Å². The van der Waals surface area contributed by atoms with E-state index < -0.39 is 0 Å². The van der Waals surface area contributed by atoms with Crippen molar-refractivity contribution >= 4 is 0 Å². The number of alkyl halides is 1. The highest BCUT2D eigenvalue weighted by molar-refractivity contribution is 5.42. The molecule has 1 saturated heterocycles. The number of rotatable bonds is 2. The molecule has 2 heteroatoms. The third kappa shape index (κ3) is 1.11. The molecule has 0 unspecified atom stereocenters. The molecule has 1 aromatic carbocycles. The first kappa shape index (κ1) is 9.34. The lowest BCUT2D eigenvalue weighted by Gasteiger charge is -2.14. The number of nitrogens with one attached hydrogen (secondary N) is 1. The smallest absolute Gasteiger partial charge is 0.115 e. The summed E-state index contributed by atoms with van der Waals surface area (Å²) in [6, 6.07) is 8.04. The molecule has 1 aliphatic carbocycles. The lowest BCUT2D eigenvalue weighted by atomic mass is 9.89. The van der Waals surface area contributed by atoms with E-state index in [1.54, 1.807) is 0 Å². The van der Waals surface area contributed by atoms with E-state index in [9.17, 15) is 4.39 Å². The highest BCUT2D eigenvalue weighted by Crippen LogP contribution is 2.66. The van der Waals surface area contributed by atoms with Crippen molar-refractivity contribution in [2.75, 3.05) is 13.1 Å². The Bertz CT molecular complexity index is 382. The summed E-state index contributed by atoms with van der Waals surface area (Å²) in [5.74, 6) is 0. The van der Waals surface area contributed by atoms with E-state index >= 15 is 0 Å². The van der Waals surface area contributed by atoms with Gasteiger partial charge in [-0.1, -0.05) is 31.2 Å². The second-order valence-corrected chi connectivity index (χ2v) is 5.25. The van der Waals surface area contributed by atoms with Crippen LogP contribution < -0.4 is 5.32 Å². The first-order valence-corrected chi connectivity index (χ1v) is 5.56. The Balaban J connectivity index is 1.94. The monoisotopic (exact) mass is 205 g/mol. The number of benzene rings is 1. The van der Waals surface area contributed by atoms with Crippen LogP contribution in [0.25, 0.3) is 0 Å². The molecular formula is C13H16FN. The summed E-state index contributed by atoms with van der Waals surface area (Å²) in [5.41, 5.74) is 2.96. The predicted molar refractivity (Wildman–Crippen MR) is 58.5 cm³/mol. The molecule has 0 amide bonds. The van der Waals surface area contributed by atoms with Gasteiger partial charge >= 0.3 is 0 Å². The zero-order chi connectivity index (χ0) is 10.5. The molecular weight excluding hydrogens is 189 g/mol. The van der Waals surface area contributed by atoms with Gasteiger partial charge in [-0.2, -0.15) is 0 Å². The Labute approximate surface area is 89.7 Å². The number of hydrogen-bond donors (Lipinski definition) is 1. The molecule has 1 saturated carbocycles. The Morgan fingerprint density at radius 2 is 2.00 bits per heavy atom. The van der Waals surface area contributed by atoms with Gasteiger partial charge in [0.1, 0.15) is 6.67 Å². The average Bonchev–Trinajstić information content (AvgIpc) is 2.73. The lowest BCUT2D eigenvalue weighted by molar-refractivity contribution is 0.485. The van der Waals surface area contributed by atoms with Crippen LogP contribution in [0.3, 0.4) is 0 Å². The van der Waals surface area contributed by atoms with Gasteiger partial charge in [-0.3, -0.25) is 0 Å². The fourth-order valence-electron chi connectivity index (χ4n) is 3.15. The molecule has 0 spiro atoms. The van der Waals surface area contributed by atoms with Gasteiger partial charge in [0.05, 0.1) is 0 Å². The third-order valence-corrected chi connectivity index (χ3v) is 4.33. The summed E-state index contributed by atoms with van der Waals surface area (Å²) in [4.78, 5) is 0. The number of fused-ring (bicyclic) bond motifs is 1. The van der Waals surface area contributed by atoms with Crippen LogP contribution in [-0.4, -0.2) is 13.1 Å². The number of piperidine rings is 1. The number of hydrogen-bond acceptors (Lipinski definition) is 1. The minimum atomic E-state index is -0.358. The summed E-state index contributed by atoms with van der Waals surface area (Å²) in [5, 5.41) is 3.46. The molecule has 1 heterocycles. The average molecular weight is 205 g/mol. The topological polar surface area (TPSA) is 12.0 Å². The van der Waals surface area contributed by atoms with Crippen LogP contribution in [-0.2, 0) is 12.1 Å². The standard InChI is InChI=1S/C13H16FN/c1-12-7-13(12,9-15-8-12)11-4-2-10(6-14)3-5-11/h2-5,15H,6-9H2,1H3/t12-,13+/m0/s1. The quantitative estimate of drug-likeness (QED) is 0.781. The van der Waals surface area contributed by atoms with Crippen LogP contribution in [0.2, 0.25) is 0 Å². The fraction of sp³-hybridized carbons (Fsp3) is 0.538. The van der Waals surface area contributed by atoms with E-state index in [4.69, 9.17) is 0 Å². The van der Waals surface area contributed by atoms with Crippen molar-refractivity contribution in [1.29, 1.82) is 0 Å². The normalized spacial score (nSPS) is 37.7. The maximum Gasteiger partial charge on any atom is 0.115 e. The third-order valence-electron chi connectivity index (χ3n) is 4.33. The molecule has 1 nitrogen and oxygen atoms in total. The van der Waals surface area contributed by atoms with E-state index in [0.29, 0.717) is 10.8 Å². The number of halogens is 1. The predicted octanol–water partition coefficient (Wildman–Crippen LogP) is 2.41. The van der Waals surface area contributed by atoms with E-state index in [2.05, 4.69) is 24.4 Å². The van der Waals surface area contributed by atoms with Crippen molar-refractivity contribution in [2.45, 2.75) is 25.4 Å². The van der Waals surface area contributed by atoms with Gasteiger partial charge in [0.15, 0.2) is 0 Å². The van der Waals surface area contributed by atoms with Crippen molar-refractivity contribution in [3.05, 3.63) is 35.4 Å². The SMILES string of the molecule is C[C@]12CNC[C@@]1(c1ccc(CF)cc1)C2. The Hall–Kier alpha value is -0.890. The maximum absolute atomic E-state index is 12.4. The molecule has 3 rings (SSSR count). The molecule has 80 valence electrons. The van der Waals surface area contributed by atoms with Gasteiger partial charge in [0, 0.05) is 18.5 Å². The maximum atomic E-state index is 12.4. The Morgan fingerprint density at radius 1 is 1.27 bits per heavy atom. The van der Waals surface area contributed by atoms with Crippen LogP contribution in [0.15, 0.2) is 24.3 Å². The van der Waals surface area contributed by atoms with Gasteiger partial charge in [-0.15, -0.1) is 0 Å². The summed E-state index contributed by atoms with van der Waals surface area (Å²) < 4.78 is 12.4. The summed E-state index contributed by atoms with van der Waals surface area (Å²) in [6.45, 7) is 4.19. The fourth-order valence-corrected chi connectivity index (χ4v) is 3.15. The molecule has 0 aromatic heterocycles. The first-order chi connectivity index (χ1) is 7.20. The molecule has 0 radical (unpaired) electrons. The van der Waals surface area contributed by atoms with Gasteiger partial charge in [-0.25, -0.2) is 4.39 Å². The molecule has 15 heavy (non-hydrogen) atoms. The highest BCUT2D eigenvalue weighted by atomic mass is 19.1. The van der Waals surface area contributed by atoms with Crippen molar-refractivity contribution < 1.29 is 4.39 Å². The van der Waals surface area contributed by atoms with E-state index in [1.807, 2.05) is 12.1 Å². The van der Waals surface area contributed by atoms with Crippen LogP contribution in [0.5, 0.6) is 0 Å². The van der Waals surface area contributed by atoms with Gasteiger partial charge < -0.3 is 5.32 Å². The highest BCUT2D eigenvalue weighted by Gasteiger charge is 2.67. The van der Waals surface area contributed by atoms with Gasteiger partial charge in [0.25, 0.3) is 0 Å². The molecule has 1 aliphatic heterocycles. The largest absolute Gasteiger partial charge is 0.315 e. The second-order valence-electron chi connectivity index (χ2n) is 5.25. The first-order valence-electron chi connectivity index (χ1n) is 5.56. The van der Waals surface area contributed by atoms with E-state index in [-0.39, 0.29) is 6.67 Å². The molecule has 2 fully saturated rings. The van der Waals surface area contributed by atoms with Crippen LogP contribution >= 0.6 is 0 Å². The van der Waals surface area contributed by atoms with Crippen molar-refractivity contribution in [3.8, 4) is 0 Å². The Kier molecular flexibility index (Phi) is 1.76. The lowest BCUT2D eigenvalue weighted by Crippen LogP contribution is -2.19. The molecule has 2 aliphatic rings. The van der Waals surface area contributed by atoms with Crippen molar-refractivity contribution in [1.82, 2.24) is 5.32 Å². The zero-order valence-corrected chi connectivity index (χ0v) is 9.02. The second kappa shape index (κ2) is 2.82. The van der Waals surface area contributed by atoms with Crippen LogP contribution in [0.1, 0.15) is 24.5 Å².